The van der Waals surface area contributed by atoms with Crippen LogP contribution >= 0.6 is 0 Å². The van der Waals surface area contributed by atoms with Crippen molar-refractivity contribution >= 4 is 17.7 Å². The van der Waals surface area contributed by atoms with E-state index in [0.717, 1.165) is 11.1 Å². The molecule has 0 spiro atoms. The molecule has 0 heterocycles. The van der Waals surface area contributed by atoms with Gasteiger partial charge in [0.05, 0.1) is 12.5 Å². The average Bonchev–Trinajstić information content (AvgIpc) is 2.92. The van der Waals surface area contributed by atoms with Crippen LogP contribution in [0.2, 0.25) is 0 Å². The van der Waals surface area contributed by atoms with E-state index in [-0.39, 0.29) is 24.0 Å². The second kappa shape index (κ2) is 6.86. The van der Waals surface area contributed by atoms with Gasteiger partial charge in [-0.15, -0.1) is 0 Å². The van der Waals surface area contributed by atoms with Crippen molar-refractivity contribution in [3.8, 4) is 0 Å². The summed E-state index contributed by atoms with van der Waals surface area (Å²) in [6.45, 7) is 9.20. The number of ether oxygens (including phenoxy) is 1. The highest BCUT2D eigenvalue weighted by Gasteiger charge is 2.78. The number of Topliss-reactive ketones (excluding diaryl/α,β-unsaturated/α-hetero) is 1. The number of hydrogen-bond donors (Lipinski definition) is 1. The zero-order valence-electron chi connectivity index (χ0n) is 16.4. The summed E-state index contributed by atoms with van der Waals surface area (Å²) in [5.41, 5.74) is 0.351. The van der Waals surface area contributed by atoms with E-state index in [0.29, 0.717) is 12.0 Å². The largest absolute Gasteiger partial charge is 0.481 e. The van der Waals surface area contributed by atoms with Crippen molar-refractivity contribution in [2.75, 3.05) is 7.11 Å². The summed E-state index contributed by atoms with van der Waals surface area (Å²) >= 11 is 0. The molecule has 1 N–H and O–H groups in total. The van der Waals surface area contributed by atoms with Crippen molar-refractivity contribution in [1.29, 1.82) is 0 Å². The molecule has 0 amide bonds. The van der Waals surface area contributed by atoms with Gasteiger partial charge in [0.15, 0.2) is 5.78 Å². The minimum Gasteiger partial charge on any atom is -0.481 e. The molecule has 0 aromatic heterocycles. The number of carbonyl (C=O) groups is 3. The van der Waals surface area contributed by atoms with Crippen LogP contribution in [0.1, 0.15) is 47.5 Å². The number of allylic oxidation sites excluding steroid dienone is 5. The van der Waals surface area contributed by atoms with E-state index < -0.39 is 22.8 Å². The van der Waals surface area contributed by atoms with Crippen LogP contribution < -0.4 is 0 Å². The van der Waals surface area contributed by atoms with Crippen molar-refractivity contribution in [3.63, 3.8) is 0 Å². The van der Waals surface area contributed by atoms with Gasteiger partial charge in [0.2, 0.25) is 0 Å². The van der Waals surface area contributed by atoms with Gasteiger partial charge in [-0.05, 0) is 38.2 Å². The van der Waals surface area contributed by atoms with Crippen molar-refractivity contribution < 1.29 is 24.2 Å². The monoisotopic (exact) mass is 360 g/mol. The molecule has 0 radical (unpaired) electrons. The Morgan fingerprint density at radius 2 is 1.96 bits per heavy atom. The molecule has 0 aromatic carbocycles. The van der Waals surface area contributed by atoms with E-state index in [4.69, 9.17) is 4.74 Å². The van der Waals surface area contributed by atoms with E-state index in [2.05, 4.69) is 0 Å². The van der Waals surface area contributed by atoms with Gasteiger partial charge in [-0.25, -0.2) is 4.79 Å². The topological polar surface area (TPSA) is 80.7 Å². The number of ketones is 1. The van der Waals surface area contributed by atoms with Crippen LogP contribution in [-0.4, -0.2) is 29.9 Å². The lowest BCUT2D eigenvalue weighted by molar-refractivity contribution is -0.147. The molecule has 2 aliphatic carbocycles. The van der Waals surface area contributed by atoms with Crippen LogP contribution in [-0.2, 0) is 19.1 Å². The van der Waals surface area contributed by atoms with Crippen LogP contribution in [0.25, 0.3) is 0 Å². The number of esters is 1. The lowest BCUT2D eigenvalue weighted by Crippen LogP contribution is -2.31. The molecule has 5 heteroatoms. The van der Waals surface area contributed by atoms with Gasteiger partial charge in [-0.2, -0.15) is 0 Å². The van der Waals surface area contributed by atoms with Crippen LogP contribution in [0.3, 0.4) is 0 Å². The fourth-order valence-corrected chi connectivity index (χ4v) is 4.78. The minimum atomic E-state index is -1.08. The number of methoxy groups -OCH3 is 1. The van der Waals surface area contributed by atoms with Gasteiger partial charge < -0.3 is 9.84 Å². The van der Waals surface area contributed by atoms with Gasteiger partial charge in [0.1, 0.15) is 0 Å². The maximum absolute atomic E-state index is 12.5. The molecule has 3 unspecified atom stereocenters. The third-order valence-corrected chi connectivity index (χ3v) is 6.36. The Labute approximate surface area is 154 Å². The Balaban J connectivity index is 2.50. The summed E-state index contributed by atoms with van der Waals surface area (Å²) in [5.74, 6) is -2.03. The summed E-state index contributed by atoms with van der Waals surface area (Å²) < 4.78 is 4.74. The smallest absolute Gasteiger partial charge is 0.333 e. The Morgan fingerprint density at radius 1 is 1.35 bits per heavy atom. The van der Waals surface area contributed by atoms with Crippen LogP contribution in [0.4, 0.5) is 0 Å². The SMILES string of the molecule is C/C=C/CC1=C(C)C(C2(C(=O)O)C(/C=C(/C)C(=O)OC)C2(C)C)CC1=O. The highest BCUT2D eigenvalue weighted by atomic mass is 16.5. The Morgan fingerprint density at radius 3 is 2.46 bits per heavy atom. The molecule has 1 fully saturated rings. The molecule has 5 nitrogen and oxygen atoms in total. The van der Waals surface area contributed by atoms with Gasteiger partial charge in [-0.3, -0.25) is 9.59 Å². The Bertz CT molecular complexity index is 738. The molecular weight excluding hydrogens is 332 g/mol. The second-order valence-electron chi connectivity index (χ2n) is 7.83. The Kier molecular flexibility index (Phi) is 5.31. The highest BCUT2D eigenvalue weighted by molar-refractivity contribution is 6.01. The predicted molar refractivity (Wildman–Crippen MR) is 98.4 cm³/mol. The molecule has 0 aromatic rings. The zero-order valence-corrected chi connectivity index (χ0v) is 16.4. The van der Waals surface area contributed by atoms with E-state index in [1.807, 2.05) is 39.8 Å². The normalized spacial score (nSPS) is 30.8. The quantitative estimate of drug-likeness (QED) is 0.444. The van der Waals surface area contributed by atoms with E-state index in [9.17, 15) is 19.5 Å². The maximum atomic E-state index is 12.5. The van der Waals surface area contributed by atoms with Crippen LogP contribution in [0.15, 0.2) is 34.9 Å². The number of rotatable bonds is 6. The second-order valence-corrected chi connectivity index (χ2v) is 7.83. The number of carboxylic acids is 1. The summed E-state index contributed by atoms with van der Waals surface area (Å²) in [5, 5.41) is 10.2. The number of carboxylic acid groups (broad SMARTS) is 1. The molecule has 0 saturated heterocycles. The lowest BCUT2D eigenvalue weighted by Gasteiger charge is -2.24. The van der Waals surface area contributed by atoms with Gasteiger partial charge in [0, 0.05) is 23.8 Å². The standard InChI is InChI=1S/C21H28O5/c1-7-8-9-14-13(3)15(11-16(14)22)21(19(24)25)17(20(21,4)5)10-12(2)18(23)26-6/h7-8,10,15,17H,9,11H2,1-6H3,(H,24,25)/b8-7+,12-10-. The van der Waals surface area contributed by atoms with Crippen molar-refractivity contribution in [2.45, 2.75) is 47.5 Å². The fourth-order valence-electron chi connectivity index (χ4n) is 4.78. The third-order valence-electron chi connectivity index (χ3n) is 6.36. The van der Waals surface area contributed by atoms with E-state index >= 15 is 0 Å². The molecule has 2 aliphatic rings. The van der Waals surface area contributed by atoms with E-state index in [1.54, 1.807) is 13.0 Å². The molecule has 0 aliphatic heterocycles. The first-order valence-electron chi connectivity index (χ1n) is 8.91. The van der Waals surface area contributed by atoms with Gasteiger partial charge in [0.25, 0.3) is 0 Å². The average molecular weight is 360 g/mol. The zero-order chi connectivity index (χ0) is 19.9. The predicted octanol–water partition coefficient (Wildman–Crippen LogP) is 3.70. The molecule has 142 valence electrons. The number of carbonyl (C=O) groups excluding carboxylic acids is 2. The maximum Gasteiger partial charge on any atom is 0.333 e. The number of hydrogen-bond acceptors (Lipinski definition) is 4. The Hall–Kier alpha value is -2.17. The first-order chi connectivity index (χ1) is 12.1. The summed E-state index contributed by atoms with van der Waals surface area (Å²) in [4.78, 5) is 36.7. The van der Waals surface area contributed by atoms with Crippen molar-refractivity contribution in [1.82, 2.24) is 0 Å². The van der Waals surface area contributed by atoms with Crippen LogP contribution in [0.5, 0.6) is 0 Å². The third kappa shape index (κ3) is 2.74. The minimum absolute atomic E-state index is 0.0290. The molecule has 1 saturated carbocycles. The summed E-state index contributed by atoms with van der Waals surface area (Å²) in [6, 6.07) is 0. The van der Waals surface area contributed by atoms with Crippen molar-refractivity contribution in [3.05, 3.63) is 34.9 Å². The van der Waals surface area contributed by atoms with Crippen molar-refractivity contribution in [2.24, 2.45) is 22.7 Å². The molecular formula is C21H28O5. The molecule has 0 bridgehead atoms. The van der Waals surface area contributed by atoms with E-state index in [1.165, 1.54) is 7.11 Å². The highest BCUT2D eigenvalue weighted by Crippen LogP contribution is 2.75. The molecule has 26 heavy (non-hydrogen) atoms. The first kappa shape index (κ1) is 20.1. The fraction of sp³-hybridized carbons (Fsp3) is 0.571. The molecule has 2 rings (SSSR count). The lowest BCUT2D eigenvalue weighted by atomic mass is 9.78. The first-order valence-corrected chi connectivity index (χ1v) is 8.91. The van der Waals surface area contributed by atoms with Crippen LogP contribution in [0, 0.1) is 22.7 Å². The number of aliphatic carboxylic acids is 1. The summed E-state index contributed by atoms with van der Waals surface area (Å²) in [6.07, 6.45) is 6.27. The van der Waals surface area contributed by atoms with Gasteiger partial charge in [-0.1, -0.05) is 37.6 Å². The van der Waals surface area contributed by atoms with Gasteiger partial charge >= 0.3 is 11.9 Å². The molecule has 3 atom stereocenters. The summed E-state index contributed by atoms with van der Waals surface area (Å²) in [7, 11) is 1.30.